The number of fused-ring (bicyclic) bond motifs is 1. The van der Waals surface area contributed by atoms with Crippen molar-refractivity contribution in [3.63, 3.8) is 0 Å². The molecule has 0 bridgehead atoms. The van der Waals surface area contributed by atoms with E-state index in [0.29, 0.717) is 6.42 Å². The minimum Gasteiger partial charge on any atom is -0.492 e. The number of aryl methyl sites for hydroxylation is 2. The molecule has 2 atom stereocenters. The molecule has 1 amide bonds. The third-order valence-electron chi connectivity index (χ3n) is 4.05. The molecule has 120 valence electrons. The molecule has 22 heavy (non-hydrogen) atoms. The van der Waals surface area contributed by atoms with Crippen molar-refractivity contribution in [3.8, 4) is 5.75 Å². The van der Waals surface area contributed by atoms with Gasteiger partial charge in [0.1, 0.15) is 24.3 Å². The summed E-state index contributed by atoms with van der Waals surface area (Å²) in [6, 6.07) is 3.03. The first-order chi connectivity index (χ1) is 10.3. The molecule has 5 heteroatoms. The van der Waals surface area contributed by atoms with Gasteiger partial charge in [-0.1, -0.05) is 19.9 Å². The molecule has 1 aromatic rings. The number of rotatable bonds is 5. The molecule has 2 N–H and O–H groups in total. The SMILES string of the molecule is Cc1cc2c(cc1C)C(C(=O)NC(CC(C)C)C(=O)O)CO2. The summed E-state index contributed by atoms with van der Waals surface area (Å²) in [7, 11) is 0. The zero-order chi connectivity index (χ0) is 16.4. The molecule has 2 rings (SSSR count). The van der Waals surface area contributed by atoms with Gasteiger partial charge >= 0.3 is 5.97 Å². The van der Waals surface area contributed by atoms with Gasteiger partial charge in [-0.25, -0.2) is 4.79 Å². The van der Waals surface area contributed by atoms with Crippen molar-refractivity contribution in [1.82, 2.24) is 5.32 Å². The summed E-state index contributed by atoms with van der Waals surface area (Å²) in [5.74, 6) is -0.808. The number of carboxylic acid groups (broad SMARTS) is 1. The van der Waals surface area contributed by atoms with Crippen molar-refractivity contribution >= 4 is 11.9 Å². The second kappa shape index (κ2) is 6.38. The lowest BCUT2D eigenvalue weighted by atomic mass is 9.95. The monoisotopic (exact) mass is 305 g/mol. The van der Waals surface area contributed by atoms with Crippen molar-refractivity contribution in [3.05, 3.63) is 28.8 Å². The van der Waals surface area contributed by atoms with Crippen molar-refractivity contribution < 1.29 is 19.4 Å². The molecular weight excluding hydrogens is 282 g/mol. The van der Waals surface area contributed by atoms with Crippen LogP contribution in [0.2, 0.25) is 0 Å². The van der Waals surface area contributed by atoms with Crippen LogP contribution in [0.25, 0.3) is 0 Å². The molecule has 0 radical (unpaired) electrons. The summed E-state index contributed by atoms with van der Waals surface area (Å²) in [6.45, 7) is 8.11. The van der Waals surface area contributed by atoms with Gasteiger partial charge in [0, 0.05) is 5.56 Å². The number of benzene rings is 1. The van der Waals surface area contributed by atoms with E-state index >= 15 is 0 Å². The maximum Gasteiger partial charge on any atom is 0.326 e. The molecule has 1 aliphatic rings. The molecule has 0 saturated heterocycles. The lowest BCUT2D eigenvalue weighted by molar-refractivity contribution is -0.142. The lowest BCUT2D eigenvalue weighted by Crippen LogP contribution is -2.44. The molecule has 1 heterocycles. The standard InChI is InChI=1S/C17H23NO4/c1-9(2)5-14(17(20)21)18-16(19)13-8-22-15-7-11(4)10(3)6-12(13)15/h6-7,9,13-14H,5,8H2,1-4H3,(H,18,19)(H,20,21). The van der Waals surface area contributed by atoms with Crippen LogP contribution in [0.15, 0.2) is 12.1 Å². The largest absolute Gasteiger partial charge is 0.492 e. The molecule has 1 aromatic carbocycles. The number of carbonyl (C=O) groups is 2. The number of hydrogen-bond acceptors (Lipinski definition) is 3. The summed E-state index contributed by atoms with van der Waals surface area (Å²) in [5.41, 5.74) is 3.05. The first-order valence-electron chi connectivity index (χ1n) is 7.56. The molecule has 0 spiro atoms. The number of amides is 1. The van der Waals surface area contributed by atoms with E-state index in [1.165, 1.54) is 0 Å². The Morgan fingerprint density at radius 1 is 1.32 bits per heavy atom. The Labute approximate surface area is 130 Å². The summed E-state index contributed by atoms with van der Waals surface area (Å²) < 4.78 is 5.58. The summed E-state index contributed by atoms with van der Waals surface area (Å²) in [6.07, 6.45) is 0.411. The predicted molar refractivity (Wildman–Crippen MR) is 83.2 cm³/mol. The van der Waals surface area contributed by atoms with E-state index in [9.17, 15) is 14.7 Å². The maximum absolute atomic E-state index is 12.4. The van der Waals surface area contributed by atoms with Gasteiger partial charge in [0.25, 0.3) is 0 Å². The normalized spacial score (nSPS) is 17.8. The van der Waals surface area contributed by atoms with Crippen molar-refractivity contribution in [2.75, 3.05) is 6.61 Å². The van der Waals surface area contributed by atoms with E-state index in [2.05, 4.69) is 5.32 Å². The Bertz CT molecular complexity index is 595. The smallest absolute Gasteiger partial charge is 0.326 e. The zero-order valence-electron chi connectivity index (χ0n) is 13.5. The summed E-state index contributed by atoms with van der Waals surface area (Å²) in [5, 5.41) is 11.9. The van der Waals surface area contributed by atoms with E-state index in [0.717, 1.165) is 22.4 Å². The number of nitrogens with one attached hydrogen (secondary N) is 1. The Kier molecular flexibility index (Phi) is 4.74. The van der Waals surface area contributed by atoms with Crippen LogP contribution in [0, 0.1) is 19.8 Å². The minimum absolute atomic E-state index is 0.193. The fourth-order valence-electron chi connectivity index (χ4n) is 2.65. The van der Waals surface area contributed by atoms with Crippen molar-refractivity contribution in [2.24, 2.45) is 5.92 Å². The maximum atomic E-state index is 12.4. The Morgan fingerprint density at radius 2 is 1.95 bits per heavy atom. The second-order valence-electron chi connectivity index (χ2n) is 6.37. The number of aliphatic carboxylic acids is 1. The van der Waals surface area contributed by atoms with Crippen LogP contribution in [-0.2, 0) is 9.59 Å². The van der Waals surface area contributed by atoms with Gasteiger partial charge < -0.3 is 15.2 Å². The van der Waals surface area contributed by atoms with Crippen molar-refractivity contribution in [2.45, 2.75) is 46.1 Å². The van der Waals surface area contributed by atoms with Crippen LogP contribution < -0.4 is 10.1 Å². The fraction of sp³-hybridized carbons (Fsp3) is 0.529. The van der Waals surface area contributed by atoms with Gasteiger partial charge in [-0.3, -0.25) is 4.79 Å². The van der Waals surface area contributed by atoms with E-state index in [1.54, 1.807) is 0 Å². The van der Waals surface area contributed by atoms with Gasteiger partial charge in [-0.2, -0.15) is 0 Å². The van der Waals surface area contributed by atoms with E-state index in [-0.39, 0.29) is 18.4 Å². The Balaban J connectivity index is 2.15. The first kappa shape index (κ1) is 16.3. The highest BCUT2D eigenvalue weighted by Crippen LogP contribution is 2.36. The van der Waals surface area contributed by atoms with Crippen LogP contribution in [0.3, 0.4) is 0 Å². The number of hydrogen-bond donors (Lipinski definition) is 2. The van der Waals surface area contributed by atoms with E-state index in [4.69, 9.17) is 4.74 Å². The molecule has 0 aromatic heterocycles. The first-order valence-corrected chi connectivity index (χ1v) is 7.56. The number of ether oxygens (including phenoxy) is 1. The third-order valence-corrected chi connectivity index (χ3v) is 4.05. The zero-order valence-corrected chi connectivity index (χ0v) is 13.5. The molecule has 1 aliphatic heterocycles. The number of carbonyl (C=O) groups excluding carboxylic acids is 1. The van der Waals surface area contributed by atoms with Gasteiger partial charge in [-0.15, -0.1) is 0 Å². The highest BCUT2D eigenvalue weighted by atomic mass is 16.5. The average Bonchev–Trinajstić information content (AvgIpc) is 2.80. The Hall–Kier alpha value is -2.04. The Morgan fingerprint density at radius 3 is 2.55 bits per heavy atom. The molecule has 5 nitrogen and oxygen atoms in total. The molecule has 0 aliphatic carbocycles. The molecular formula is C17H23NO4. The van der Waals surface area contributed by atoms with Gasteiger partial charge in [-0.05, 0) is 43.4 Å². The lowest BCUT2D eigenvalue weighted by Gasteiger charge is -2.18. The molecule has 0 fully saturated rings. The van der Waals surface area contributed by atoms with E-state index in [1.807, 2.05) is 39.8 Å². The summed E-state index contributed by atoms with van der Waals surface area (Å²) in [4.78, 5) is 23.7. The highest BCUT2D eigenvalue weighted by Gasteiger charge is 2.33. The van der Waals surface area contributed by atoms with Crippen molar-refractivity contribution in [1.29, 1.82) is 0 Å². The average molecular weight is 305 g/mol. The number of carboxylic acids is 1. The van der Waals surface area contributed by atoms with E-state index < -0.39 is 17.9 Å². The van der Waals surface area contributed by atoms with Crippen LogP contribution in [0.1, 0.15) is 42.9 Å². The molecule has 0 saturated carbocycles. The van der Waals surface area contributed by atoms with Crippen LogP contribution >= 0.6 is 0 Å². The second-order valence-corrected chi connectivity index (χ2v) is 6.37. The van der Waals surface area contributed by atoms with Gasteiger partial charge in [0.2, 0.25) is 5.91 Å². The van der Waals surface area contributed by atoms with Crippen LogP contribution in [-0.4, -0.2) is 29.6 Å². The fourth-order valence-corrected chi connectivity index (χ4v) is 2.65. The summed E-state index contributed by atoms with van der Waals surface area (Å²) >= 11 is 0. The van der Waals surface area contributed by atoms with Gasteiger partial charge in [0.15, 0.2) is 0 Å². The highest BCUT2D eigenvalue weighted by molar-refractivity contribution is 5.89. The predicted octanol–water partition coefficient (Wildman–Crippen LogP) is 2.39. The van der Waals surface area contributed by atoms with Crippen LogP contribution in [0.5, 0.6) is 5.75 Å². The van der Waals surface area contributed by atoms with Crippen LogP contribution in [0.4, 0.5) is 0 Å². The third kappa shape index (κ3) is 3.40. The topological polar surface area (TPSA) is 75.6 Å². The minimum atomic E-state index is -0.999. The quantitative estimate of drug-likeness (QED) is 0.876. The van der Waals surface area contributed by atoms with Gasteiger partial charge in [0.05, 0.1) is 0 Å². The molecule has 2 unspecified atom stereocenters.